The highest BCUT2D eigenvalue weighted by Gasteiger charge is 2.41. The largest absolute Gasteiger partial charge is 0.480 e. The van der Waals surface area contributed by atoms with Crippen LogP contribution in [0.1, 0.15) is 32.1 Å². The van der Waals surface area contributed by atoms with Crippen LogP contribution in [0.3, 0.4) is 0 Å². The molecule has 0 spiro atoms. The molecule has 3 rings (SSSR count). The molecular formula is C14H22N2O4. The summed E-state index contributed by atoms with van der Waals surface area (Å²) in [6.07, 6.45) is 4.47. The Kier molecular flexibility index (Phi) is 3.58. The van der Waals surface area contributed by atoms with Crippen LogP contribution in [0.5, 0.6) is 0 Å². The van der Waals surface area contributed by atoms with E-state index < -0.39 is 18.1 Å². The van der Waals surface area contributed by atoms with Crippen molar-refractivity contribution in [3.8, 4) is 0 Å². The number of carboxylic acid groups (broad SMARTS) is 1. The maximum atomic E-state index is 12.1. The van der Waals surface area contributed by atoms with E-state index in [-0.39, 0.29) is 19.0 Å². The molecule has 0 aromatic heterocycles. The lowest BCUT2D eigenvalue weighted by Gasteiger charge is -2.25. The summed E-state index contributed by atoms with van der Waals surface area (Å²) >= 11 is 0. The Morgan fingerprint density at radius 2 is 2.00 bits per heavy atom. The topological polar surface area (TPSA) is 89.9 Å². The number of amides is 2. The lowest BCUT2D eigenvalue weighted by Crippen LogP contribution is -2.47. The first kappa shape index (κ1) is 13.7. The van der Waals surface area contributed by atoms with E-state index in [1.807, 2.05) is 0 Å². The summed E-state index contributed by atoms with van der Waals surface area (Å²) in [5.74, 6) is 1.08. The summed E-state index contributed by atoms with van der Waals surface area (Å²) in [5.41, 5.74) is 0. The van der Waals surface area contributed by atoms with Crippen LogP contribution in [0.2, 0.25) is 0 Å². The van der Waals surface area contributed by atoms with E-state index in [1.165, 1.54) is 30.6 Å². The van der Waals surface area contributed by atoms with Gasteiger partial charge in [-0.15, -0.1) is 0 Å². The fourth-order valence-corrected chi connectivity index (χ4v) is 4.22. The Hall–Kier alpha value is -1.30. The third-order valence-corrected chi connectivity index (χ3v) is 5.22. The minimum atomic E-state index is -1.04. The zero-order valence-corrected chi connectivity index (χ0v) is 11.5. The molecule has 6 nitrogen and oxygen atoms in total. The number of β-amino-alcohol motifs (C(OH)–C–C–N with tert-alkyl or cyclic N) is 1. The van der Waals surface area contributed by atoms with E-state index in [0.717, 1.165) is 11.8 Å². The molecule has 0 aromatic carbocycles. The molecule has 2 bridgehead atoms. The molecule has 3 N–H and O–H groups in total. The summed E-state index contributed by atoms with van der Waals surface area (Å²) in [4.78, 5) is 24.5. The summed E-state index contributed by atoms with van der Waals surface area (Å²) in [6.45, 7) is 0.748. The van der Waals surface area contributed by atoms with Crippen molar-refractivity contribution in [2.24, 2.45) is 17.8 Å². The van der Waals surface area contributed by atoms with Crippen molar-refractivity contribution in [2.45, 2.75) is 44.2 Å². The number of hydrogen-bond donors (Lipinski definition) is 3. The van der Waals surface area contributed by atoms with Crippen molar-refractivity contribution in [1.29, 1.82) is 0 Å². The molecule has 0 aromatic rings. The molecule has 2 aliphatic carbocycles. The molecule has 6 heteroatoms. The Morgan fingerprint density at radius 1 is 1.20 bits per heavy atom. The highest BCUT2D eigenvalue weighted by molar-refractivity contribution is 5.83. The molecule has 20 heavy (non-hydrogen) atoms. The van der Waals surface area contributed by atoms with Gasteiger partial charge in [-0.05, 0) is 37.0 Å². The molecule has 5 atom stereocenters. The van der Waals surface area contributed by atoms with Gasteiger partial charge in [-0.2, -0.15) is 0 Å². The maximum Gasteiger partial charge on any atom is 0.326 e. The first-order valence-corrected chi connectivity index (χ1v) is 7.50. The third kappa shape index (κ3) is 2.49. The van der Waals surface area contributed by atoms with Gasteiger partial charge in [0.2, 0.25) is 0 Å². The number of nitrogens with one attached hydrogen (secondary N) is 1. The first-order chi connectivity index (χ1) is 9.54. The lowest BCUT2D eigenvalue weighted by atomic mass is 9.89. The summed E-state index contributed by atoms with van der Waals surface area (Å²) < 4.78 is 0. The van der Waals surface area contributed by atoms with Crippen molar-refractivity contribution >= 4 is 12.0 Å². The van der Waals surface area contributed by atoms with Crippen molar-refractivity contribution < 1.29 is 19.8 Å². The molecule has 1 aliphatic heterocycles. The molecule has 2 amide bonds. The summed E-state index contributed by atoms with van der Waals surface area (Å²) in [6, 6.07) is -1.25. The second-order valence-corrected chi connectivity index (χ2v) is 6.52. The Bertz CT molecular complexity index is 414. The second-order valence-electron chi connectivity index (χ2n) is 6.52. The van der Waals surface area contributed by atoms with Gasteiger partial charge in [0, 0.05) is 19.5 Å². The van der Waals surface area contributed by atoms with Crippen LogP contribution in [0.25, 0.3) is 0 Å². The van der Waals surface area contributed by atoms with Crippen molar-refractivity contribution in [1.82, 2.24) is 10.2 Å². The predicted octanol–water partition coefficient (Wildman–Crippen LogP) is 0.652. The molecule has 3 fully saturated rings. The van der Waals surface area contributed by atoms with Gasteiger partial charge in [0.25, 0.3) is 0 Å². The number of fused-ring (bicyclic) bond motifs is 2. The van der Waals surface area contributed by atoms with Crippen LogP contribution >= 0.6 is 0 Å². The second kappa shape index (κ2) is 5.24. The van der Waals surface area contributed by atoms with E-state index in [0.29, 0.717) is 12.5 Å². The number of nitrogens with zero attached hydrogens (tertiary/aromatic N) is 1. The van der Waals surface area contributed by atoms with E-state index >= 15 is 0 Å². The van der Waals surface area contributed by atoms with Gasteiger partial charge in [-0.25, -0.2) is 9.59 Å². The summed E-state index contributed by atoms with van der Waals surface area (Å²) in [7, 11) is 0. The van der Waals surface area contributed by atoms with Crippen LogP contribution in [0.4, 0.5) is 4.79 Å². The molecule has 1 saturated heterocycles. The molecule has 3 unspecified atom stereocenters. The molecule has 2 saturated carbocycles. The molecule has 1 heterocycles. The molecule has 112 valence electrons. The first-order valence-electron chi connectivity index (χ1n) is 7.50. The van der Waals surface area contributed by atoms with Crippen LogP contribution in [0.15, 0.2) is 0 Å². The number of aliphatic hydroxyl groups is 1. The molecule has 0 radical (unpaired) electrons. The van der Waals surface area contributed by atoms with Gasteiger partial charge in [-0.3, -0.25) is 0 Å². The minimum absolute atomic E-state index is 0.111. The average Bonchev–Trinajstić information content (AvgIpc) is 3.09. The smallest absolute Gasteiger partial charge is 0.326 e. The maximum absolute atomic E-state index is 12.1. The molecule has 3 aliphatic rings. The number of aliphatic carboxylic acids is 1. The van der Waals surface area contributed by atoms with E-state index in [1.54, 1.807) is 0 Å². The number of rotatable bonds is 3. The Labute approximate surface area is 118 Å². The number of carbonyl (C=O) groups is 2. The highest BCUT2D eigenvalue weighted by atomic mass is 16.4. The summed E-state index contributed by atoms with van der Waals surface area (Å²) in [5, 5.41) is 21.5. The van der Waals surface area contributed by atoms with Crippen LogP contribution < -0.4 is 5.32 Å². The van der Waals surface area contributed by atoms with E-state index in [4.69, 9.17) is 5.11 Å². The van der Waals surface area contributed by atoms with Gasteiger partial charge < -0.3 is 20.4 Å². The minimum Gasteiger partial charge on any atom is -0.480 e. The SMILES string of the molecule is O=C(O)[C@@H]1C[C@@H](O)CN1C(=O)NCC1CC2CCC1C2. The van der Waals surface area contributed by atoms with Crippen LogP contribution in [-0.2, 0) is 4.79 Å². The van der Waals surface area contributed by atoms with Gasteiger partial charge in [0.05, 0.1) is 6.10 Å². The standard InChI is InChI=1S/C14H22N2O4/c17-11-5-12(13(18)19)16(7-11)14(20)15-6-10-4-8-1-2-9(10)3-8/h8-12,17H,1-7H2,(H,15,20)(H,18,19)/t8?,9?,10?,11-,12+/m1/s1. The van der Waals surface area contributed by atoms with E-state index in [2.05, 4.69) is 5.32 Å². The molecular weight excluding hydrogens is 260 g/mol. The van der Waals surface area contributed by atoms with Crippen molar-refractivity contribution in [2.75, 3.05) is 13.1 Å². The van der Waals surface area contributed by atoms with Gasteiger partial charge in [-0.1, -0.05) is 6.42 Å². The quantitative estimate of drug-likeness (QED) is 0.709. The van der Waals surface area contributed by atoms with Gasteiger partial charge in [0.15, 0.2) is 0 Å². The van der Waals surface area contributed by atoms with Crippen LogP contribution in [0, 0.1) is 17.8 Å². The normalized spacial score (nSPS) is 39.2. The zero-order valence-electron chi connectivity index (χ0n) is 11.5. The zero-order chi connectivity index (χ0) is 14.3. The van der Waals surface area contributed by atoms with Crippen LogP contribution in [-0.4, -0.2) is 52.3 Å². The van der Waals surface area contributed by atoms with Gasteiger partial charge >= 0.3 is 12.0 Å². The number of urea groups is 1. The lowest BCUT2D eigenvalue weighted by molar-refractivity contribution is -0.141. The fourth-order valence-electron chi connectivity index (χ4n) is 4.22. The number of aliphatic hydroxyl groups excluding tert-OH is 1. The fraction of sp³-hybridized carbons (Fsp3) is 0.857. The highest BCUT2D eigenvalue weighted by Crippen LogP contribution is 2.47. The van der Waals surface area contributed by atoms with E-state index in [9.17, 15) is 14.7 Å². The Morgan fingerprint density at radius 3 is 2.60 bits per heavy atom. The van der Waals surface area contributed by atoms with Gasteiger partial charge in [0.1, 0.15) is 6.04 Å². The Balaban J connectivity index is 1.52. The van der Waals surface area contributed by atoms with Crippen molar-refractivity contribution in [3.63, 3.8) is 0 Å². The predicted molar refractivity (Wildman–Crippen MR) is 71.1 cm³/mol. The number of carbonyl (C=O) groups excluding carboxylic acids is 1. The van der Waals surface area contributed by atoms with Crippen molar-refractivity contribution in [3.05, 3.63) is 0 Å². The monoisotopic (exact) mass is 282 g/mol. The number of carboxylic acids is 1. The number of hydrogen-bond acceptors (Lipinski definition) is 3. The number of likely N-dealkylation sites (tertiary alicyclic amines) is 1. The average molecular weight is 282 g/mol. The third-order valence-electron chi connectivity index (χ3n) is 5.22.